The summed E-state index contributed by atoms with van der Waals surface area (Å²) in [6.07, 6.45) is 0. The van der Waals surface area contributed by atoms with E-state index in [0.29, 0.717) is 16.7 Å². The molecule has 0 aromatic heterocycles. The van der Waals surface area contributed by atoms with E-state index >= 15 is 0 Å². The zero-order chi connectivity index (χ0) is 22.3. The molecule has 158 valence electrons. The van der Waals surface area contributed by atoms with Crippen molar-refractivity contribution in [1.29, 1.82) is 0 Å². The number of hydrogen-bond donors (Lipinski definition) is 2. The first kappa shape index (κ1) is 20.8. The van der Waals surface area contributed by atoms with Crippen LogP contribution >= 0.6 is 23.2 Å². The van der Waals surface area contributed by atoms with Crippen LogP contribution in [-0.4, -0.2) is 22.2 Å². The molecule has 0 spiro atoms. The zero-order valence-corrected chi connectivity index (χ0v) is 17.4. The fourth-order valence-electron chi connectivity index (χ4n) is 3.44. The fraction of sp³-hybridized carbons (Fsp3) is 0.0909. The SMILES string of the molecule is CC(=O)OOC(=O)c1ccccc1C1c2cc(Cl)c(O)cc2Oc2cc(O)c(Cl)cc21. The fourth-order valence-corrected chi connectivity index (χ4v) is 3.79. The summed E-state index contributed by atoms with van der Waals surface area (Å²) in [6.45, 7) is 1.10. The Kier molecular flexibility index (Phi) is 5.39. The van der Waals surface area contributed by atoms with E-state index in [-0.39, 0.29) is 38.6 Å². The van der Waals surface area contributed by atoms with Crippen molar-refractivity contribution in [1.82, 2.24) is 0 Å². The zero-order valence-electron chi connectivity index (χ0n) is 15.9. The highest BCUT2D eigenvalue weighted by Gasteiger charge is 2.34. The molecule has 0 atom stereocenters. The largest absolute Gasteiger partial charge is 0.506 e. The molecule has 9 heteroatoms. The summed E-state index contributed by atoms with van der Waals surface area (Å²) in [6, 6.07) is 12.3. The maximum absolute atomic E-state index is 12.6. The van der Waals surface area contributed by atoms with Gasteiger partial charge in [-0.25, -0.2) is 19.4 Å². The van der Waals surface area contributed by atoms with Gasteiger partial charge in [0.15, 0.2) is 0 Å². The van der Waals surface area contributed by atoms with E-state index in [1.165, 1.54) is 30.3 Å². The van der Waals surface area contributed by atoms with Gasteiger partial charge in [-0.2, -0.15) is 0 Å². The number of fused-ring (bicyclic) bond motifs is 2. The van der Waals surface area contributed by atoms with Gasteiger partial charge < -0.3 is 14.9 Å². The third-order valence-electron chi connectivity index (χ3n) is 4.73. The summed E-state index contributed by atoms with van der Waals surface area (Å²) >= 11 is 12.3. The van der Waals surface area contributed by atoms with Gasteiger partial charge in [-0.1, -0.05) is 41.4 Å². The van der Waals surface area contributed by atoms with Crippen LogP contribution in [0.25, 0.3) is 0 Å². The third kappa shape index (κ3) is 3.85. The van der Waals surface area contributed by atoms with Gasteiger partial charge in [0, 0.05) is 36.1 Å². The molecule has 0 amide bonds. The molecular weight excluding hydrogens is 447 g/mol. The quantitative estimate of drug-likeness (QED) is 0.308. The summed E-state index contributed by atoms with van der Waals surface area (Å²) in [5, 5.41) is 20.2. The number of phenolic OH excluding ortho intramolecular Hbond substituents is 2. The number of phenols is 2. The van der Waals surface area contributed by atoms with Crippen LogP contribution in [-0.2, 0) is 14.6 Å². The number of rotatable bonds is 2. The molecule has 4 rings (SSSR count). The Bertz CT molecular complexity index is 1170. The standard InChI is InChI=1S/C22H14Cl2O7/c1-10(25)30-31-22(28)12-5-3-2-4-11(12)21-13-6-15(23)17(26)8-19(13)29-20-9-18(27)16(24)7-14(20)21/h2-9,21,26-27H,1H3. The van der Waals surface area contributed by atoms with Crippen molar-refractivity contribution >= 4 is 35.1 Å². The van der Waals surface area contributed by atoms with Crippen LogP contribution < -0.4 is 4.74 Å². The first-order valence-corrected chi connectivity index (χ1v) is 9.73. The first-order valence-electron chi connectivity index (χ1n) is 8.97. The van der Waals surface area contributed by atoms with Crippen LogP contribution in [0.3, 0.4) is 0 Å². The number of hydrogen-bond acceptors (Lipinski definition) is 7. The molecular formula is C22H14Cl2O7. The topological polar surface area (TPSA) is 102 Å². The Morgan fingerprint density at radius 1 is 0.871 bits per heavy atom. The lowest BCUT2D eigenvalue weighted by Crippen LogP contribution is -2.17. The average molecular weight is 461 g/mol. The lowest BCUT2D eigenvalue weighted by Gasteiger charge is -2.30. The van der Waals surface area contributed by atoms with E-state index in [9.17, 15) is 19.8 Å². The van der Waals surface area contributed by atoms with Crippen LogP contribution in [0.15, 0.2) is 48.5 Å². The monoisotopic (exact) mass is 460 g/mol. The van der Waals surface area contributed by atoms with Crippen LogP contribution in [0.4, 0.5) is 0 Å². The van der Waals surface area contributed by atoms with E-state index in [2.05, 4.69) is 9.78 Å². The van der Waals surface area contributed by atoms with Gasteiger partial charge in [0.1, 0.15) is 23.0 Å². The highest BCUT2D eigenvalue weighted by Crippen LogP contribution is 2.52. The highest BCUT2D eigenvalue weighted by atomic mass is 35.5. The van der Waals surface area contributed by atoms with Crippen molar-refractivity contribution in [3.8, 4) is 23.0 Å². The predicted octanol–water partition coefficient (Wildman–Crippen LogP) is 5.33. The molecule has 31 heavy (non-hydrogen) atoms. The van der Waals surface area contributed by atoms with Gasteiger partial charge in [0.05, 0.1) is 15.6 Å². The molecule has 0 bridgehead atoms. The van der Waals surface area contributed by atoms with E-state index in [4.69, 9.17) is 27.9 Å². The third-order valence-corrected chi connectivity index (χ3v) is 5.33. The summed E-state index contributed by atoms with van der Waals surface area (Å²) in [7, 11) is 0. The van der Waals surface area contributed by atoms with Crippen molar-refractivity contribution in [2.45, 2.75) is 12.8 Å². The van der Waals surface area contributed by atoms with E-state index in [1.807, 2.05) is 0 Å². The van der Waals surface area contributed by atoms with Crippen molar-refractivity contribution in [2.75, 3.05) is 0 Å². The second-order valence-corrected chi connectivity index (χ2v) is 7.57. The van der Waals surface area contributed by atoms with Crippen molar-refractivity contribution in [3.63, 3.8) is 0 Å². The van der Waals surface area contributed by atoms with Crippen molar-refractivity contribution in [2.24, 2.45) is 0 Å². The van der Waals surface area contributed by atoms with Crippen molar-refractivity contribution in [3.05, 3.63) is 80.8 Å². The van der Waals surface area contributed by atoms with Crippen LogP contribution in [0.2, 0.25) is 10.0 Å². The Labute approximate surface area is 186 Å². The molecule has 0 unspecified atom stereocenters. The molecule has 7 nitrogen and oxygen atoms in total. The summed E-state index contributed by atoms with van der Waals surface area (Å²) in [5.41, 5.74) is 1.70. The molecule has 1 heterocycles. The van der Waals surface area contributed by atoms with Crippen molar-refractivity contribution < 1.29 is 34.3 Å². The number of carbonyl (C=O) groups excluding carboxylic acids is 2. The van der Waals surface area contributed by atoms with Crippen LogP contribution in [0.5, 0.6) is 23.0 Å². The van der Waals surface area contributed by atoms with Gasteiger partial charge in [-0.15, -0.1) is 0 Å². The Hall–Kier alpha value is -3.42. The second kappa shape index (κ2) is 8.02. The molecule has 1 aliphatic heterocycles. The number of ether oxygens (including phenoxy) is 1. The molecule has 0 aliphatic carbocycles. The Balaban J connectivity index is 1.93. The maximum atomic E-state index is 12.6. The number of halogens is 2. The van der Waals surface area contributed by atoms with Gasteiger partial charge >= 0.3 is 11.9 Å². The van der Waals surface area contributed by atoms with Gasteiger partial charge in [0.25, 0.3) is 0 Å². The normalized spacial score (nSPS) is 12.4. The Morgan fingerprint density at radius 2 is 1.42 bits per heavy atom. The lowest BCUT2D eigenvalue weighted by molar-refractivity contribution is -0.231. The summed E-state index contributed by atoms with van der Waals surface area (Å²) in [4.78, 5) is 32.7. The highest BCUT2D eigenvalue weighted by molar-refractivity contribution is 6.32. The van der Waals surface area contributed by atoms with Gasteiger partial charge in [-0.05, 0) is 23.8 Å². The second-order valence-electron chi connectivity index (χ2n) is 6.75. The molecule has 0 radical (unpaired) electrons. The molecule has 3 aromatic rings. The number of benzene rings is 3. The average Bonchev–Trinajstić information content (AvgIpc) is 2.73. The van der Waals surface area contributed by atoms with E-state index in [0.717, 1.165) is 6.92 Å². The summed E-state index contributed by atoms with van der Waals surface area (Å²) < 4.78 is 5.86. The molecule has 0 fully saturated rings. The number of carbonyl (C=O) groups is 2. The van der Waals surface area contributed by atoms with Gasteiger partial charge in [0.2, 0.25) is 0 Å². The van der Waals surface area contributed by atoms with Crippen LogP contribution in [0, 0.1) is 0 Å². The summed E-state index contributed by atoms with van der Waals surface area (Å²) in [5.74, 6) is -2.11. The maximum Gasteiger partial charge on any atom is 0.386 e. The van der Waals surface area contributed by atoms with Crippen LogP contribution in [0.1, 0.15) is 39.9 Å². The minimum absolute atomic E-state index is 0.0839. The van der Waals surface area contributed by atoms with Gasteiger partial charge in [-0.3, -0.25) is 0 Å². The Morgan fingerprint density at radius 3 is 1.97 bits per heavy atom. The van der Waals surface area contributed by atoms with E-state index in [1.54, 1.807) is 18.2 Å². The molecule has 2 N–H and O–H groups in total. The predicted molar refractivity (Wildman–Crippen MR) is 111 cm³/mol. The minimum atomic E-state index is -0.879. The molecule has 1 aliphatic rings. The molecule has 0 saturated heterocycles. The lowest BCUT2D eigenvalue weighted by atomic mass is 9.80. The smallest absolute Gasteiger partial charge is 0.386 e. The number of aromatic hydroxyl groups is 2. The molecule has 0 saturated carbocycles. The minimum Gasteiger partial charge on any atom is -0.506 e. The van der Waals surface area contributed by atoms with E-state index < -0.39 is 17.9 Å². The first-order chi connectivity index (χ1) is 14.8. The molecule has 3 aromatic carbocycles.